The van der Waals surface area contributed by atoms with Gasteiger partial charge in [0.1, 0.15) is 0 Å². The van der Waals surface area contributed by atoms with Gasteiger partial charge >= 0.3 is 0 Å². The zero-order chi connectivity index (χ0) is 13.3. The molecule has 1 amide bonds. The van der Waals surface area contributed by atoms with Crippen LogP contribution in [0.3, 0.4) is 0 Å². The minimum Gasteiger partial charge on any atom is -0.336 e. The molecule has 0 radical (unpaired) electrons. The number of carbonyl (C=O) groups excluding carboxylic acids is 1. The van der Waals surface area contributed by atoms with Crippen LogP contribution in [0.4, 0.5) is 0 Å². The van der Waals surface area contributed by atoms with Crippen molar-refractivity contribution in [2.45, 2.75) is 32.2 Å². The lowest BCUT2D eigenvalue weighted by molar-refractivity contribution is 0.0737. The summed E-state index contributed by atoms with van der Waals surface area (Å²) in [5.74, 6) is 0.397. The van der Waals surface area contributed by atoms with Crippen LogP contribution in [-0.4, -0.2) is 46.8 Å². The molecule has 0 aromatic carbocycles. The molecule has 18 heavy (non-hydrogen) atoms. The van der Waals surface area contributed by atoms with Crippen molar-refractivity contribution in [3.8, 4) is 0 Å². The monoisotopic (exact) mass is 250 g/mol. The molecule has 1 aliphatic rings. The van der Waals surface area contributed by atoms with E-state index in [1.807, 2.05) is 25.1 Å². The van der Waals surface area contributed by atoms with Crippen molar-refractivity contribution in [1.29, 1.82) is 0 Å². The number of carbonyl (C=O) groups is 1. The van der Waals surface area contributed by atoms with Crippen LogP contribution in [0.5, 0.6) is 0 Å². The first-order chi connectivity index (χ1) is 8.50. The van der Waals surface area contributed by atoms with Crippen LogP contribution in [0.2, 0.25) is 0 Å². The van der Waals surface area contributed by atoms with Crippen molar-refractivity contribution >= 4 is 5.91 Å². The van der Waals surface area contributed by atoms with Gasteiger partial charge in [-0.05, 0) is 24.9 Å². The molecule has 0 saturated carbocycles. The first-order valence-electron chi connectivity index (χ1n) is 6.52. The maximum atomic E-state index is 12.3. The summed E-state index contributed by atoms with van der Waals surface area (Å²) >= 11 is 0. The SMILES string of the molecule is CC(C)c1cc(C(=O)N(C)C2CCNC2)nn1C. The average Bonchev–Trinajstić information content (AvgIpc) is 2.95. The molecule has 1 atom stereocenters. The molecule has 2 heterocycles. The van der Waals surface area contributed by atoms with Gasteiger partial charge in [0, 0.05) is 32.4 Å². The molecule has 0 aliphatic carbocycles. The van der Waals surface area contributed by atoms with E-state index in [-0.39, 0.29) is 5.91 Å². The maximum Gasteiger partial charge on any atom is 0.274 e. The van der Waals surface area contributed by atoms with Crippen molar-refractivity contribution < 1.29 is 4.79 Å². The highest BCUT2D eigenvalue weighted by atomic mass is 16.2. The largest absolute Gasteiger partial charge is 0.336 e. The van der Waals surface area contributed by atoms with Crippen molar-refractivity contribution in [3.05, 3.63) is 17.5 Å². The Morgan fingerprint density at radius 3 is 2.83 bits per heavy atom. The first-order valence-corrected chi connectivity index (χ1v) is 6.52. The molecule has 100 valence electrons. The predicted octanol–water partition coefficient (Wildman–Crippen LogP) is 0.977. The quantitative estimate of drug-likeness (QED) is 0.870. The second-order valence-corrected chi connectivity index (χ2v) is 5.30. The summed E-state index contributed by atoms with van der Waals surface area (Å²) in [6, 6.07) is 2.20. The Bertz CT molecular complexity index is 432. The number of amides is 1. The van der Waals surface area contributed by atoms with Crippen LogP contribution in [0.1, 0.15) is 42.4 Å². The lowest BCUT2D eigenvalue weighted by Crippen LogP contribution is -2.38. The normalized spacial score (nSPS) is 19.5. The Morgan fingerprint density at radius 2 is 2.33 bits per heavy atom. The second-order valence-electron chi connectivity index (χ2n) is 5.30. The van der Waals surface area contributed by atoms with Gasteiger partial charge < -0.3 is 10.2 Å². The van der Waals surface area contributed by atoms with Gasteiger partial charge in [-0.2, -0.15) is 5.10 Å². The van der Waals surface area contributed by atoms with Crippen LogP contribution >= 0.6 is 0 Å². The Hall–Kier alpha value is -1.36. The Labute approximate surface area is 108 Å². The molecule has 0 spiro atoms. The van der Waals surface area contributed by atoms with E-state index in [1.165, 1.54) is 0 Å². The Balaban J connectivity index is 2.15. The van der Waals surface area contributed by atoms with E-state index in [0.29, 0.717) is 17.7 Å². The summed E-state index contributed by atoms with van der Waals surface area (Å²) in [5, 5.41) is 7.60. The predicted molar refractivity (Wildman–Crippen MR) is 70.7 cm³/mol. The second kappa shape index (κ2) is 5.10. The number of nitrogens with zero attached hydrogens (tertiary/aromatic N) is 3. The maximum absolute atomic E-state index is 12.3. The summed E-state index contributed by atoms with van der Waals surface area (Å²) in [6.07, 6.45) is 1.02. The summed E-state index contributed by atoms with van der Waals surface area (Å²) in [4.78, 5) is 14.2. The number of hydrogen-bond acceptors (Lipinski definition) is 3. The minimum atomic E-state index is 0.0196. The minimum absolute atomic E-state index is 0.0196. The highest BCUT2D eigenvalue weighted by Gasteiger charge is 2.26. The summed E-state index contributed by atoms with van der Waals surface area (Å²) in [5.41, 5.74) is 1.65. The number of nitrogens with one attached hydrogen (secondary N) is 1. The molecule has 0 bridgehead atoms. The zero-order valence-electron chi connectivity index (χ0n) is 11.6. The van der Waals surface area contributed by atoms with Crippen molar-refractivity contribution in [3.63, 3.8) is 0 Å². The smallest absolute Gasteiger partial charge is 0.274 e. The molecule has 1 aromatic heterocycles. The molecule has 1 saturated heterocycles. The molecule has 2 rings (SSSR count). The first kappa shape index (κ1) is 13.1. The summed E-state index contributed by atoms with van der Waals surface area (Å²) < 4.78 is 1.80. The third-order valence-electron chi connectivity index (χ3n) is 3.63. The fourth-order valence-electron chi connectivity index (χ4n) is 2.44. The van der Waals surface area contributed by atoms with Gasteiger partial charge in [-0.1, -0.05) is 13.8 Å². The van der Waals surface area contributed by atoms with Gasteiger partial charge in [-0.3, -0.25) is 9.48 Å². The fraction of sp³-hybridized carbons (Fsp3) is 0.692. The van der Waals surface area contributed by atoms with E-state index in [9.17, 15) is 4.79 Å². The third-order valence-corrected chi connectivity index (χ3v) is 3.63. The van der Waals surface area contributed by atoms with E-state index in [4.69, 9.17) is 0 Å². The number of rotatable bonds is 3. The van der Waals surface area contributed by atoms with Gasteiger partial charge in [-0.15, -0.1) is 0 Å². The van der Waals surface area contributed by atoms with Crippen LogP contribution < -0.4 is 5.32 Å². The van der Waals surface area contributed by atoms with Crippen LogP contribution in [0, 0.1) is 0 Å². The van der Waals surface area contributed by atoms with Gasteiger partial charge in [0.05, 0.1) is 0 Å². The lowest BCUT2D eigenvalue weighted by Gasteiger charge is -2.22. The van der Waals surface area contributed by atoms with Crippen LogP contribution in [-0.2, 0) is 7.05 Å². The highest BCUT2D eigenvalue weighted by molar-refractivity contribution is 5.92. The van der Waals surface area contributed by atoms with Crippen LogP contribution in [0.25, 0.3) is 0 Å². The highest BCUT2D eigenvalue weighted by Crippen LogP contribution is 2.17. The molecule has 1 aliphatic heterocycles. The molecule has 1 fully saturated rings. The van der Waals surface area contributed by atoms with E-state index in [1.54, 1.807) is 4.68 Å². The molecular formula is C13H22N4O. The van der Waals surface area contributed by atoms with E-state index >= 15 is 0 Å². The summed E-state index contributed by atoms with van der Waals surface area (Å²) in [7, 11) is 3.76. The molecule has 1 N–H and O–H groups in total. The van der Waals surface area contributed by atoms with Crippen molar-refractivity contribution in [2.75, 3.05) is 20.1 Å². The number of aryl methyl sites for hydroxylation is 1. The van der Waals surface area contributed by atoms with Gasteiger partial charge in [0.25, 0.3) is 5.91 Å². The van der Waals surface area contributed by atoms with Crippen LogP contribution in [0.15, 0.2) is 6.07 Å². The standard InChI is InChI=1S/C13H22N4O/c1-9(2)12-7-11(15-17(12)4)13(18)16(3)10-5-6-14-8-10/h7,9-10,14H,5-6,8H2,1-4H3. The van der Waals surface area contributed by atoms with Gasteiger partial charge in [0.15, 0.2) is 5.69 Å². The Kier molecular flexibility index (Phi) is 3.71. The zero-order valence-corrected chi connectivity index (χ0v) is 11.6. The van der Waals surface area contributed by atoms with E-state index in [2.05, 4.69) is 24.3 Å². The molecule has 5 nitrogen and oxygen atoms in total. The van der Waals surface area contributed by atoms with E-state index < -0.39 is 0 Å². The number of likely N-dealkylation sites (N-methyl/N-ethyl adjacent to an activating group) is 1. The third kappa shape index (κ3) is 2.41. The Morgan fingerprint density at radius 1 is 1.61 bits per heavy atom. The van der Waals surface area contributed by atoms with E-state index in [0.717, 1.165) is 25.2 Å². The fourth-order valence-corrected chi connectivity index (χ4v) is 2.44. The molecule has 1 unspecified atom stereocenters. The van der Waals surface area contributed by atoms with Gasteiger partial charge in [0.2, 0.25) is 0 Å². The lowest BCUT2D eigenvalue weighted by atomic mass is 10.1. The number of hydrogen-bond donors (Lipinski definition) is 1. The molecular weight excluding hydrogens is 228 g/mol. The van der Waals surface area contributed by atoms with Crippen molar-refractivity contribution in [2.24, 2.45) is 7.05 Å². The number of aromatic nitrogens is 2. The topological polar surface area (TPSA) is 50.2 Å². The van der Waals surface area contributed by atoms with Gasteiger partial charge in [-0.25, -0.2) is 0 Å². The summed E-state index contributed by atoms with van der Waals surface area (Å²) in [6.45, 7) is 6.08. The molecule has 1 aromatic rings. The van der Waals surface area contributed by atoms with Crippen molar-refractivity contribution in [1.82, 2.24) is 20.0 Å². The average molecular weight is 250 g/mol. The molecule has 5 heteroatoms.